The minimum atomic E-state index is -1.09. The largest absolute Gasteiger partial charge is 0.507 e. The number of methoxy groups -OCH3 is 5. The van der Waals surface area contributed by atoms with E-state index in [1.807, 2.05) is 11.8 Å². The predicted molar refractivity (Wildman–Crippen MR) is 140 cm³/mol. The Morgan fingerprint density at radius 2 is 1.33 bits per heavy atom. The number of rotatable bonds is 6. The maximum Gasteiger partial charge on any atom is 0.241 e. The zero-order valence-electron chi connectivity index (χ0n) is 23.4. The minimum Gasteiger partial charge on any atom is -0.507 e. The number of fused-ring (bicyclic) bond motifs is 7. The number of aliphatic hydroxyl groups is 1. The third kappa shape index (κ3) is 3.29. The topological polar surface area (TPSA) is 127 Å². The highest BCUT2D eigenvalue weighted by Crippen LogP contribution is 2.58. The molecule has 0 unspecified atom stereocenters. The van der Waals surface area contributed by atoms with Crippen molar-refractivity contribution in [3.05, 3.63) is 33.4 Å². The smallest absolute Gasteiger partial charge is 0.241 e. The standard InChI is InChI=1S/C28H34N2O9/c1-11-21(32)18-17(27(39-8)24(11)36-5)15(10-31)30-20(22(18)33)19-16-13(9-14(28(30)34)29(19)3)23(35-4)12(2)25(37-6)26(16)38-7/h14-15,19-20,31-32H,9-10H2,1-8H3/t14-,15-,19+,20+/m0/s1. The number of Topliss-reactive ketones (excluding diaryl/α,β-unsaturated/α-hetero) is 1. The molecule has 0 radical (unpaired) electrons. The number of ether oxygens (including phenoxy) is 5. The summed E-state index contributed by atoms with van der Waals surface area (Å²) in [5.74, 6) is 0.841. The summed E-state index contributed by atoms with van der Waals surface area (Å²) in [5, 5.41) is 22.0. The van der Waals surface area contributed by atoms with Crippen molar-refractivity contribution in [2.75, 3.05) is 49.2 Å². The van der Waals surface area contributed by atoms with Gasteiger partial charge in [0.25, 0.3) is 0 Å². The first-order valence-electron chi connectivity index (χ1n) is 12.6. The van der Waals surface area contributed by atoms with Crippen LogP contribution in [-0.4, -0.2) is 93.0 Å². The molecule has 210 valence electrons. The van der Waals surface area contributed by atoms with Crippen molar-refractivity contribution in [1.29, 1.82) is 0 Å². The van der Waals surface area contributed by atoms with E-state index < -0.39 is 36.6 Å². The third-order valence-corrected chi connectivity index (χ3v) is 8.52. The molecule has 1 saturated heterocycles. The number of hydrogen-bond donors (Lipinski definition) is 2. The fourth-order valence-corrected chi connectivity index (χ4v) is 6.89. The Hall–Kier alpha value is -3.70. The van der Waals surface area contributed by atoms with Crippen LogP contribution in [0.2, 0.25) is 0 Å². The summed E-state index contributed by atoms with van der Waals surface area (Å²) in [6.07, 6.45) is 0.299. The molecule has 0 saturated carbocycles. The molecule has 2 aromatic rings. The lowest BCUT2D eigenvalue weighted by molar-refractivity contribution is -0.155. The lowest BCUT2D eigenvalue weighted by Crippen LogP contribution is -2.68. The van der Waals surface area contributed by atoms with Gasteiger partial charge < -0.3 is 38.8 Å². The van der Waals surface area contributed by atoms with Crippen molar-refractivity contribution in [3.63, 3.8) is 0 Å². The van der Waals surface area contributed by atoms with E-state index in [1.165, 1.54) is 33.3 Å². The molecular weight excluding hydrogens is 508 g/mol. The fourth-order valence-electron chi connectivity index (χ4n) is 6.89. The SMILES string of the molecule is COc1c(C)c(OC)c(OC)c2c1C[C@H]1C(=O)N3[C@@H](CO)c4c(OC)c(OC)c(C)c(O)c4C(=O)[C@H]3[C@@H]2N1C. The normalized spacial score (nSPS) is 23.6. The second-order valence-corrected chi connectivity index (χ2v) is 10.0. The number of phenols is 1. The summed E-state index contributed by atoms with van der Waals surface area (Å²) in [7, 11) is 9.26. The fraction of sp³-hybridized carbons (Fsp3) is 0.500. The lowest BCUT2D eigenvalue weighted by Gasteiger charge is -2.56. The predicted octanol–water partition coefficient (Wildman–Crippen LogP) is 2.09. The average molecular weight is 543 g/mol. The third-order valence-electron chi connectivity index (χ3n) is 8.52. The van der Waals surface area contributed by atoms with Gasteiger partial charge in [-0.05, 0) is 20.9 Å². The number of benzene rings is 2. The van der Waals surface area contributed by atoms with E-state index in [4.69, 9.17) is 23.7 Å². The summed E-state index contributed by atoms with van der Waals surface area (Å²) >= 11 is 0. The highest BCUT2D eigenvalue weighted by molar-refractivity contribution is 6.10. The van der Waals surface area contributed by atoms with Gasteiger partial charge in [0.05, 0.1) is 65.8 Å². The maximum absolute atomic E-state index is 14.5. The highest BCUT2D eigenvalue weighted by atomic mass is 16.5. The zero-order chi connectivity index (χ0) is 28.5. The molecule has 0 spiro atoms. The zero-order valence-corrected chi connectivity index (χ0v) is 23.4. The Kier molecular flexibility index (Phi) is 6.54. The van der Waals surface area contributed by atoms with E-state index >= 15 is 0 Å². The van der Waals surface area contributed by atoms with E-state index in [1.54, 1.807) is 21.1 Å². The van der Waals surface area contributed by atoms with Gasteiger partial charge in [-0.15, -0.1) is 0 Å². The van der Waals surface area contributed by atoms with Crippen molar-refractivity contribution in [3.8, 4) is 34.5 Å². The molecule has 2 bridgehead atoms. The summed E-state index contributed by atoms with van der Waals surface area (Å²) in [6.45, 7) is 2.97. The van der Waals surface area contributed by atoms with Crippen LogP contribution in [0.4, 0.5) is 0 Å². The summed E-state index contributed by atoms with van der Waals surface area (Å²) in [5.41, 5.74) is 2.70. The number of amides is 1. The van der Waals surface area contributed by atoms with Crippen LogP contribution in [0.5, 0.6) is 34.5 Å². The second kappa shape index (κ2) is 9.49. The van der Waals surface area contributed by atoms with Crippen molar-refractivity contribution in [2.45, 2.75) is 44.4 Å². The molecule has 11 heteroatoms. The van der Waals surface area contributed by atoms with Crippen LogP contribution in [0.1, 0.15) is 50.3 Å². The van der Waals surface area contributed by atoms with Gasteiger partial charge in [0.2, 0.25) is 5.91 Å². The number of nitrogens with zero attached hydrogens (tertiary/aromatic N) is 2. The van der Waals surface area contributed by atoms with Gasteiger partial charge in [0.15, 0.2) is 28.8 Å². The van der Waals surface area contributed by atoms with E-state index in [0.717, 1.165) is 11.1 Å². The molecule has 3 aliphatic rings. The monoisotopic (exact) mass is 542 g/mol. The molecule has 4 atom stereocenters. The molecular formula is C28H34N2O9. The second-order valence-electron chi connectivity index (χ2n) is 10.0. The first-order chi connectivity index (χ1) is 18.6. The van der Waals surface area contributed by atoms with Gasteiger partial charge in [0, 0.05) is 34.2 Å². The summed E-state index contributed by atoms with van der Waals surface area (Å²) < 4.78 is 28.5. The van der Waals surface area contributed by atoms with E-state index in [9.17, 15) is 19.8 Å². The van der Waals surface area contributed by atoms with Crippen LogP contribution in [-0.2, 0) is 11.2 Å². The quantitative estimate of drug-likeness (QED) is 0.560. The van der Waals surface area contributed by atoms with Gasteiger partial charge in [-0.2, -0.15) is 0 Å². The Bertz CT molecular complexity index is 1390. The van der Waals surface area contributed by atoms with Gasteiger partial charge >= 0.3 is 0 Å². The van der Waals surface area contributed by atoms with E-state index in [2.05, 4.69) is 0 Å². The molecule has 0 aliphatic carbocycles. The number of phenolic OH excluding ortho intramolecular Hbond substituents is 1. The molecule has 3 heterocycles. The molecule has 0 aromatic heterocycles. The molecule has 11 nitrogen and oxygen atoms in total. The number of carbonyl (C=O) groups is 2. The number of hydrogen-bond acceptors (Lipinski definition) is 10. The maximum atomic E-state index is 14.5. The lowest BCUT2D eigenvalue weighted by atomic mass is 9.73. The van der Waals surface area contributed by atoms with E-state index in [0.29, 0.717) is 34.8 Å². The average Bonchev–Trinajstić information content (AvgIpc) is 2.92. The number of aromatic hydroxyl groups is 1. The van der Waals surface area contributed by atoms with Crippen molar-refractivity contribution >= 4 is 11.7 Å². The molecule has 5 rings (SSSR count). The van der Waals surface area contributed by atoms with Gasteiger partial charge in [-0.1, -0.05) is 0 Å². The van der Waals surface area contributed by atoms with Gasteiger partial charge in [0.1, 0.15) is 17.5 Å². The molecule has 2 aromatic carbocycles. The van der Waals surface area contributed by atoms with Gasteiger partial charge in [-0.3, -0.25) is 14.5 Å². The molecule has 3 aliphatic heterocycles. The molecule has 1 fully saturated rings. The first-order valence-corrected chi connectivity index (χ1v) is 12.6. The van der Waals surface area contributed by atoms with Crippen LogP contribution in [0.25, 0.3) is 0 Å². The summed E-state index contributed by atoms with van der Waals surface area (Å²) in [4.78, 5) is 31.9. The number of carbonyl (C=O) groups excluding carboxylic acids is 2. The van der Waals surface area contributed by atoms with Crippen LogP contribution < -0.4 is 23.7 Å². The molecule has 39 heavy (non-hydrogen) atoms. The van der Waals surface area contributed by atoms with Crippen LogP contribution >= 0.6 is 0 Å². The van der Waals surface area contributed by atoms with Crippen molar-refractivity contribution < 1.29 is 43.5 Å². The number of ketones is 1. The number of likely N-dealkylation sites (N-methyl/N-ethyl adjacent to an activating group) is 1. The van der Waals surface area contributed by atoms with Crippen LogP contribution in [0, 0.1) is 13.8 Å². The highest BCUT2D eigenvalue weighted by Gasteiger charge is 2.59. The number of aliphatic hydroxyl groups excluding tert-OH is 1. The Labute approximate surface area is 226 Å². The Morgan fingerprint density at radius 1 is 0.795 bits per heavy atom. The van der Waals surface area contributed by atoms with Gasteiger partial charge in [-0.25, -0.2) is 0 Å². The molecule has 1 amide bonds. The van der Waals surface area contributed by atoms with Crippen LogP contribution in [0.3, 0.4) is 0 Å². The minimum absolute atomic E-state index is 0.00207. The Balaban J connectivity index is 1.87. The Morgan fingerprint density at radius 3 is 1.87 bits per heavy atom. The number of piperazine rings is 1. The van der Waals surface area contributed by atoms with Crippen molar-refractivity contribution in [2.24, 2.45) is 0 Å². The first kappa shape index (κ1) is 26.9. The van der Waals surface area contributed by atoms with E-state index in [-0.39, 0.29) is 34.3 Å². The van der Waals surface area contributed by atoms with Crippen LogP contribution in [0.15, 0.2) is 0 Å². The van der Waals surface area contributed by atoms with Crippen molar-refractivity contribution in [1.82, 2.24) is 9.80 Å². The molecule has 2 N–H and O–H groups in total. The summed E-state index contributed by atoms with van der Waals surface area (Å²) in [6, 6.07) is -3.37.